The molecule has 0 spiro atoms. The summed E-state index contributed by atoms with van der Waals surface area (Å²) >= 11 is 0. The minimum atomic E-state index is -0.391. The van der Waals surface area contributed by atoms with E-state index in [1.54, 1.807) is 14.2 Å². The Labute approximate surface area is 114 Å². The fourth-order valence-corrected chi connectivity index (χ4v) is 2.73. The van der Waals surface area contributed by atoms with E-state index in [0.29, 0.717) is 25.7 Å². The number of ketones is 1. The number of hydrogen-bond donors (Lipinski definition) is 0. The minimum absolute atomic E-state index is 0.0787. The number of Topliss-reactive ketones (excluding diaryl/α,β-unsaturated/α-hetero) is 1. The van der Waals surface area contributed by atoms with E-state index < -0.39 is 6.10 Å². The maximum Gasteiger partial charge on any atom is 0.166 e. The van der Waals surface area contributed by atoms with Gasteiger partial charge >= 0.3 is 0 Å². The fraction of sp³-hybridized carbons (Fsp3) is 0.929. The van der Waals surface area contributed by atoms with E-state index in [9.17, 15) is 4.79 Å². The van der Waals surface area contributed by atoms with Crippen LogP contribution in [-0.2, 0) is 23.7 Å². The predicted molar refractivity (Wildman–Crippen MR) is 69.2 cm³/mol. The zero-order valence-electron chi connectivity index (χ0n) is 11.8. The molecule has 110 valence electrons. The van der Waals surface area contributed by atoms with Gasteiger partial charge in [-0.3, -0.25) is 4.79 Å². The number of carbonyl (C=O) groups excluding carboxylic acids is 1. The van der Waals surface area contributed by atoms with Crippen molar-refractivity contribution in [3.05, 3.63) is 0 Å². The van der Waals surface area contributed by atoms with E-state index in [4.69, 9.17) is 18.9 Å². The maximum atomic E-state index is 11.5. The van der Waals surface area contributed by atoms with E-state index in [-0.39, 0.29) is 18.0 Å². The van der Waals surface area contributed by atoms with E-state index in [1.165, 1.54) is 0 Å². The molecule has 0 heterocycles. The summed E-state index contributed by atoms with van der Waals surface area (Å²) in [4.78, 5) is 11.5. The van der Waals surface area contributed by atoms with Crippen LogP contribution in [0.15, 0.2) is 0 Å². The number of ether oxygens (including phenoxy) is 4. The third kappa shape index (κ3) is 3.99. The summed E-state index contributed by atoms with van der Waals surface area (Å²) in [5.74, 6) is 0.139. The summed E-state index contributed by atoms with van der Waals surface area (Å²) in [6, 6.07) is 0. The summed E-state index contributed by atoms with van der Waals surface area (Å²) in [7, 11) is 3.36. The highest BCUT2D eigenvalue weighted by atomic mass is 16.6. The van der Waals surface area contributed by atoms with Crippen molar-refractivity contribution in [1.29, 1.82) is 0 Å². The van der Waals surface area contributed by atoms with Gasteiger partial charge in [-0.1, -0.05) is 0 Å². The second-order valence-corrected chi connectivity index (χ2v) is 5.28. The SMILES string of the molecule is COCCOC1C(=O)CC1OC1CCCC(OC)C1. The van der Waals surface area contributed by atoms with Crippen LogP contribution in [0.5, 0.6) is 0 Å². The molecule has 0 radical (unpaired) electrons. The fourth-order valence-electron chi connectivity index (χ4n) is 2.73. The molecule has 0 saturated heterocycles. The second-order valence-electron chi connectivity index (χ2n) is 5.28. The van der Waals surface area contributed by atoms with Crippen molar-refractivity contribution in [3.63, 3.8) is 0 Å². The Kier molecular flexibility index (Phi) is 5.76. The minimum Gasteiger partial charge on any atom is -0.382 e. The third-order valence-electron chi connectivity index (χ3n) is 3.92. The Balaban J connectivity index is 1.74. The maximum absolute atomic E-state index is 11.5. The van der Waals surface area contributed by atoms with E-state index >= 15 is 0 Å². The van der Waals surface area contributed by atoms with Crippen LogP contribution in [0.1, 0.15) is 32.1 Å². The topological polar surface area (TPSA) is 54.0 Å². The highest BCUT2D eigenvalue weighted by molar-refractivity contribution is 5.90. The first-order chi connectivity index (χ1) is 9.24. The molecule has 2 fully saturated rings. The van der Waals surface area contributed by atoms with Crippen molar-refractivity contribution in [2.75, 3.05) is 27.4 Å². The van der Waals surface area contributed by atoms with E-state index in [0.717, 1.165) is 25.7 Å². The van der Waals surface area contributed by atoms with Gasteiger partial charge in [0.05, 0.1) is 31.5 Å². The lowest BCUT2D eigenvalue weighted by Gasteiger charge is -2.39. The number of methoxy groups -OCH3 is 2. The number of hydrogen-bond acceptors (Lipinski definition) is 5. The smallest absolute Gasteiger partial charge is 0.166 e. The van der Waals surface area contributed by atoms with Gasteiger partial charge in [0.25, 0.3) is 0 Å². The molecule has 4 unspecified atom stereocenters. The molecule has 5 heteroatoms. The second kappa shape index (κ2) is 7.33. The van der Waals surface area contributed by atoms with Crippen molar-refractivity contribution in [2.45, 2.75) is 56.5 Å². The third-order valence-corrected chi connectivity index (χ3v) is 3.92. The molecule has 0 bridgehead atoms. The lowest BCUT2D eigenvalue weighted by molar-refractivity contribution is -0.180. The average Bonchev–Trinajstić information content (AvgIpc) is 2.43. The van der Waals surface area contributed by atoms with Crippen LogP contribution in [-0.4, -0.2) is 57.6 Å². The summed E-state index contributed by atoms with van der Waals surface area (Å²) in [6.07, 6.45) is 4.70. The zero-order valence-corrected chi connectivity index (χ0v) is 11.8. The first-order valence-corrected chi connectivity index (χ1v) is 7.06. The van der Waals surface area contributed by atoms with Crippen LogP contribution < -0.4 is 0 Å². The molecule has 5 nitrogen and oxygen atoms in total. The molecule has 0 N–H and O–H groups in total. The van der Waals surface area contributed by atoms with Gasteiger partial charge in [-0.05, 0) is 25.7 Å². The Morgan fingerprint density at radius 3 is 2.63 bits per heavy atom. The van der Waals surface area contributed by atoms with Gasteiger partial charge in [-0.25, -0.2) is 0 Å². The lowest BCUT2D eigenvalue weighted by Crippen LogP contribution is -2.52. The van der Waals surface area contributed by atoms with Crippen LogP contribution in [0.4, 0.5) is 0 Å². The average molecular weight is 272 g/mol. The molecule has 2 saturated carbocycles. The normalized spacial score (nSPS) is 35.2. The zero-order chi connectivity index (χ0) is 13.7. The highest BCUT2D eigenvalue weighted by Crippen LogP contribution is 2.30. The van der Waals surface area contributed by atoms with E-state index in [1.807, 2.05) is 0 Å². The largest absolute Gasteiger partial charge is 0.382 e. The van der Waals surface area contributed by atoms with Crippen molar-refractivity contribution >= 4 is 5.78 Å². The Bertz CT molecular complexity index is 294. The molecule has 19 heavy (non-hydrogen) atoms. The Morgan fingerprint density at radius 2 is 1.95 bits per heavy atom. The summed E-state index contributed by atoms with van der Waals surface area (Å²) in [5, 5.41) is 0. The van der Waals surface area contributed by atoms with E-state index in [2.05, 4.69) is 0 Å². The number of rotatable bonds is 7. The lowest BCUT2D eigenvalue weighted by atomic mass is 9.88. The van der Waals surface area contributed by atoms with Crippen LogP contribution >= 0.6 is 0 Å². The summed E-state index contributed by atoms with van der Waals surface area (Å²) < 4.78 is 21.8. The molecular formula is C14H24O5. The molecule has 0 aromatic heterocycles. The molecule has 0 aliphatic heterocycles. The van der Waals surface area contributed by atoms with Gasteiger partial charge in [0, 0.05) is 20.6 Å². The summed E-state index contributed by atoms with van der Waals surface area (Å²) in [5.41, 5.74) is 0. The van der Waals surface area contributed by atoms with Gasteiger partial charge in [0.15, 0.2) is 5.78 Å². The predicted octanol–water partition coefficient (Wildman–Crippen LogP) is 1.33. The highest BCUT2D eigenvalue weighted by Gasteiger charge is 2.43. The molecule has 2 aliphatic carbocycles. The van der Waals surface area contributed by atoms with Gasteiger partial charge in [0.1, 0.15) is 6.10 Å². The summed E-state index contributed by atoms with van der Waals surface area (Å²) in [6.45, 7) is 0.948. The standard InChI is InChI=1S/C14H24O5/c1-16-6-7-18-14-12(15)9-13(14)19-11-5-3-4-10(8-11)17-2/h10-11,13-14H,3-9H2,1-2H3. The van der Waals surface area contributed by atoms with Gasteiger partial charge in [0.2, 0.25) is 0 Å². The Hall–Kier alpha value is -0.490. The van der Waals surface area contributed by atoms with Crippen molar-refractivity contribution in [3.8, 4) is 0 Å². The number of carbonyl (C=O) groups is 1. The van der Waals surface area contributed by atoms with Crippen LogP contribution in [0.2, 0.25) is 0 Å². The van der Waals surface area contributed by atoms with Gasteiger partial charge < -0.3 is 18.9 Å². The first kappa shape index (κ1) is 14.9. The van der Waals surface area contributed by atoms with Crippen molar-refractivity contribution in [1.82, 2.24) is 0 Å². The van der Waals surface area contributed by atoms with Crippen molar-refractivity contribution in [2.24, 2.45) is 0 Å². The molecular weight excluding hydrogens is 248 g/mol. The van der Waals surface area contributed by atoms with Gasteiger partial charge in [-0.15, -0.1) is 0 Å². The molecule has 2 rings (SSSR count). The van der Waals surface area contributed by atoms with Gasteiger partial charge in [-0.2, -0.15) is 0 Å². The molecule has 0 aromatic carbocycles. The van der Waals surface area contributed by atoms with Crippen LogP contribution in [0.3, 0.4) is 0 Å². The molecule has 4 atom stereocenters. The molecule has 2 aliphatic rings. The first-order valence-electron chi connectivity index (χ1n) is 7.06. The Morgan fingerprint density at radius 1 is 1.16 bits per heavy atom. The molecule has 0 amide bonds. The quantitative estimate of drug-likeness (QED) is 0.655. The van der Waals surface area contributed by atoms with Crippen LogP contribution in [0, 0.1) is 0 Å². The molecule has 0 aromatic rings. The van der Waals surface area contributed by atoms with Crippen molar-refractivity contribution < 1.29 is 23.7 Å². The monoisotopic (exact) mass is 272 g/mol. The van der Waals surface area contributed by atoms with Crippen LogP contribution in [0.25, 0.3) is 0 Å².